The molecule has 0 spiro atoms. The van der Waals surface area contributed by atoms with Crippen LogP contribution < -0.4 is 10.6 Å². The zero-order chi connectivity index (χ0) is 14.4. The van der Waals surface area contributed by atoms with Crippen LogP contribution in [0.4, 0.5) is 5.69 Å². The Bertz CT molecular complexity index is 417. The van der Waals surface area contributed by atoms with Gasteiger partial charge in [-0.25, -0.2) is 0 Å². The largest absolute Gasteiger partial charge is 0.380 e. The first-order valence-corrected chi connectivity index (χ1v) is 7.85. The van der Waals surface area contributed by atoms with Crippen LogP contribution in [0.15, 0.2) is 18.2 Å². The molecule has 0 saturated carbocycles. The van der Waals surface area contributed by atoms with E-state index in [-0.39, 0.29) is 0 Å². The second-order valence-electron chi connectivity index (χ2n) is 6.05. The smallest absolute Gasteiger partial charge is 0.0641 e. The molecule has 2 rings (SSSR count). The molecule has 3 nitrogen and oxygen atoms in total. The Labute approximate surface area is 123 Å². The Balaban J connectivity index is 1.85. The van der Waals surface area contributed by atoms with E-state index in [1.165, 1.54) is 29.7 Å². The average molecular weight is 276 g/mol. The van der Waals surface area contributed by atoms with E-state index in [9.17, 15) is 0 Å². The SMILES string of the molecule is CC(C)CCOCCN1CCCc2cc(CN)ccc21. The maximum Gasteiger partial charge on any atom is 0.0641 e. The normalized spacial score (nSPS) is 14.7. The Hall–Kier alpha value is -1.06. The number of anilines is 1. The van der Waals surface area contributed by atoms with Crippen molar-refractivity contribution in [2.45, 2.75) is 39.7 Å². The summed E-state index contributed by atoms with van der Waals surface area (Å²) >= 11 is 0. The predicted molar refractivity (Wildman–Crippen MR) is 85.1 cm³/mol. The van der Waals surface area contributed by atoms with Gasteiger partial charge in [-0.1, -0.05) is 26.0 Å². The van der Waals surface area contributed by atoms with Crippen molar-refractivity contribution in [3.05, 3.63) is 29.3 Å². The fraction of sp³-hybridized carbons (Fsp3) is 0.647. The maximum absolute atomic E-state index is 5.75. The Morgan fingerprint density at radius 2 is 2.15 bits per heavy atom. The van der Waals surface area contributed by atoms with Gasteiger partial charge >= 0.3 is 0 Å². The van der Waals surface area contributed by atoms with Crippen LogP contribution >= 0.6 is 0 Å². The molecule has 0 bridgehead atoms. The Morgan fingerprint density at radius 1 is 1.30 bits per heavy atom. The van der Waals surface area contributed by atoms with Gasteiger partial charge in [-0.3, -0.25) is 0 Å². The number of nitrogens with two attached hydrogens (primary N) is 1. The minimum absolute atomic E-state index is 0.631. The molecular weight excluding hydrogens is 248 g/mol. The molecule has 1 aromatic carbocycles. The van der Waals surface area contributed by atoms with Crippen LogP contribution in [0.2, 0.25) is 0 Å². The van der Waals surface area contributed by atoms with Crippen LogP contribution in [0.25, 0.3) is 0 Å². The van der Waals surface area contributed by atoms with Gasteiger partial charge in [0.05, 0.1) is 6.61 Å². The third-order valence-electron chi connectivity index (χ3n) is 3.94. The van der Waals surface area contributed by atoms with E-state index in [1.807, 2.05) is 0 Å². The van der Waals surface area contributed by atoms with Crippen molar-refractivity contribution in [1.29, 1.82) is 0 Å². The Morgan fingerprint density at radius 3 is 2.90 bits per heavy atom. The van der Waals surface area contributed by atoms with Gasteiger partial charge in [-0.05, 0) is 42.4 Å². The third kappa shape index (κ3) is 4.22. The van der Waals surface area contributed by atoms with Crippen molar-refractivity contribution in [2.24, 2.45) is 11.7 Å². The molecule has 0 atom stereocenters. The number of hydrogen-bond donors (Lipinski definition) is 1. The van der Waals surface area contributed by atoms with Crippen molar-refractivity contribution < 1.29 is 4.74 Å². The summed E-state index contributed by atoms with van der Waals surface area (Å²) in [5.41, 5.74) is 9.78. The summed E-state index contributed by atoms with van der Waals surface area (Å²) in [4.78, 5) is 2.45. The molecule has 0 aromatic heterocycles. The first-order valence-electron chi connectivity index (χ1n) is 7.85. The summed E-state index contributed by atoms with van der Waals surface area (Å²) in [5.74, 6) is 0.723. The first-order chi connectivity index (χ1) is 9.70. The van der Waals surface area contributed by atoms with Crippen molar-refractivity contribution in [3.63, 3.8) is 0 Å². The van der Waals surface area contributed by atoms with E-state index in [2.05, 4.69) is 36.9 Å². The molecule has 0 amide bonds. The van der Waals surface area contributed by atoms with Crippen molar-refractivity contribution in [1.82, 2.24) is 0 Å². The number of aryl methyl sites for hydroxylation is 1. The predicted octanol–water partition coefficient (Wildman–Crippen LogP) is 2.96. The fourth-order valence-corrected chi connectivity index (χ4v) is 2.68. The summed E-state index contributed by atoms with van der Waals surface area (Å²) in [6.45, 7) is 8.94. The molecule has 1 heterocycles. The lowest BCUT2D eigenvalue weighted by Crippen LogP contribution is -2.32. The highest BCUT2D eigenvalue weighted by molar-refractivity contribution is 5.56. The molecule has 3 heteroatoms. The van der Waals surface area contributed by atoms with Gasteiger partial charge in [0.1, 0.15) is 0 Å². The third-order valence-corrected chi connectivity index (χ3v) is 3.94. The molecule has 1 aliphatic heterocycles. The van der Waals surface area contributed by atoms with E-state index in [0.717, 1.165) is 38.6 Å². The van der Waals surface area contributed by atoms with Crippen LogP contribution in [-0.2, 0) is 17.7 Å². The van der Waals surface area contributed by atoms with E-state index in [4.69, 9.17) is 10.5 Å². The topological polar surface area (TPSA) is 38.5 Å². The number of benzene rings is 1. The zero-order valence-corrected chi connectivity index (χ0v) is 12.9. The molecule has 0 unspecified atom stereocenters. The Kier molecular flexibility index (Phi) is 5.86. The quantitative estimate of drug-likeness (QED) is 0.778. The van der Waals surface area contributed by atoms with Crippen molar-refractivity contribution in [2.75, 3.05) is 31.2 Å². The maximum atomic E-state index is 5.75. The molecule has 2 N–H and O–H groups in total. The van der Waals surface area contributed by atoms with Gasteiger partial charge in [0.25, 0.3) is 0 Å². The second-order valence-corrected chi connectivity index (χ2v) is 6.05. The lowest BCUT2D eigenvalue weighted by atomic mass is 9.99. The van der Waals surface area contributed by atoms with Gasteiger partial charge in [-0.15, -0.1) is 0 Å². The van der Waals surface area contributed by atoms with Gasteiger partial charge in [0.2, 0.25) is 0 Å². The van der Waals surface area contributed by atoms with E-state index in [1.54, 1.807) is 0 Å². The summed E-state index contributed by atoms with van der Waals surface area (Å²) in [7, 11) is 0. The van der Waals surface area contributed by atoms with Crippen LogP contribution in [-0.4, -0.2) is 26.3 Å². The standard InChI is InChI=1S/C17H28N2O/c1-14(2)7-10-20-11-9-19-8-3-4-16-12-15(13-18)5-6-17(16)19/h5-6,12,14H,3-4,7-11,13,18H2,1-2H3. The molecule has 0 aliphatic carbocycles. The molecular formula is C17H28N2O. The average Bonchev–Trinajstić information content (AvgIpc) is 2.46. The van der Waals surface area contributed by atoms with Gasteiger partial charge in [-0.2, -0.15) is 0 Å². The molecule has 0 radical (unpaired) electrons. The van der Waals surface area contributed by atoms with Crippen LogP contribution in [0.1, 0.15) is 37.8 Å². The fourth-order valence-electron chi connectivity index (χ4n) is 2.68. The zero-order valence-electron chi connectivity index (χ0n) is 12.9. The van der Waals surface area contributed by atoms with Crippen LogP contribution in [0.5, 0.6) is 0 Å². The molecule has 1 aliphatic rings. The molecule has 20 heavy (non-hydrogen) atoms. The van der Waals surface area contributed by atoms with Gasteiger partial charge in [0.15, 0.2) is 0 Å². The lowest BCUT2D eigenvalue weighted by molar-refractivity contribution is 0.129. The summed E-state index contributed by atoms with van der Waals surface area (Å²) in [6, 6.07) is 6.64. The number of ether oxygens (including phenoxy) is 1. The molecule has 0 saturated heterocycles. The highest BCUT2D eigenvalue weighted by Gasteiger charge is 2.16. The molecule has 112 valence electrons. The molecule has 0 fully saturated rings. The summed E-state index contributed by atoms with van der Waals surface area (Å²) in [6.07, 6.45) is 3.55. The lowest BCUT2D eigenvalue weighted by Gasteiger charge is -2.31. The highest BCUT2D eigenvalue weighted by Crippen LogP contribution is 2.27. The first kappa shape index (κ1) is 15.3. The van der Waals surface area contributed by atoms with Crippen LogP contribution in [0.3, 0.4) is 0 Å². The van der Waals surface area contributed by atoms with Gasteiger partial charge in [0, 0.05) is 31.9 Å². The van der Waals surface area contributed by atoms with E-state index in [0.29, 0.717) is 6.54 Å². The highest BCUT2D eigenvalue weighted by atomic mass is 16.5. The van der Waals surface area contributed by atoms with E-state index >= 15 is 0 Å². The minimum atomic E-state index is 0.631. The number of hydrogen-bond acceptors (Lipinski definition) is 3. The van der Waals surface area contributed by atoms with E-state index < -0.39 is 0 Å². The molecule has 1 aromatic rings. The van der Waals surface area contributed by atoms with Crippen molar-refractivity contribution >= 4 is 5.69 Å². The van der Waals surface area contributed by atoms with Crippen molar-refractivity contribution in [3.8, 4) is 0 Å². The van der Waals surface area contributed by atoms with Crippen LogP contribution in [0, 0.1) is 5.92 Å². The minimum Gasteiger partial charge on any atom is -0.380 e. The summed E-state index contributed by atoms with van der Waals surface area (Å²) in [5, 5.41) is 0. The number of nitrogens with zero attached hydrogens (tertiary/aromatic N) is 1. The monoisotopic (exact) mass is 276 g/mol. The number of rotatable bonds is 7. The second kappa shape index (κ2) is 7.65. The number of fused-ring (bicyclic) bond motifs is 1. The van der Waals surface area contributed by atoms with Gasteiger partial charge < -0.3 is 15.4 Å². The summed E-state index contributed by atoms with van der Waals surface area (Å²) < 4.78 is 5.75.